The maximum absolute atomic E-state index is 11.5. The monoisotopic (exact) mass is 274 g/mol. The van der Waals surface area contributed by atoms with Crippen LogP contribution in [0.2, 0.25) is 5.02 Å². The van der Waals surface area contributed by atoms with Gasteiger partial charge in [-0.05, 0) is 30.5 Å². The van der Waals surface area contributed by atoms with Crippen LogP contribution in [0.5, 0.6) is 0 Å². The molecular formula is C13H16Cl2O2. The zero-order valence-electron chi connectivity index (χ0n) is 9.79. The van der Waals surface area contributed by atoms with Crippen molar-refractivity contribution in [3.8, 4) is 0 Å². The molecule has 2 nitrogen and oxygen atoms in total. The van der Waals surface area contributed by atoms with Crippen molar-refractivity contribution in [1.82, 2.24) is 0 Å². The summed E-state index contributed by atoms with van der Waals surface area (Å²) in [6, 6.07) is 7.31. The molecule has 1 atom stereocenters. The Balaban J connectivity index is 2.43. The molecule has 0 spiro atoms. The Kier molecular flexibility index (Phi) is 6.38. The summed E-state index contributed by atoms with van der Waals surface area (Å²) in [4.78, 5) is 11.5. The van der Waals surface area contributed by atoms with Crippen LogP contribution in [-0.4, -0.2) is 18.0 Å². The van der Waals surface area contributed by atoms with Gasteiger partial charge in [0, 0.05) is 5.02 Å². The van der Waals surface area contributed by atoms with Crippen LogP contribution in [-0.2, 0) is 16.0 Å². The molecule has 0 bridgehead atoms. The van der Waals surface area contributed by atoms with Gasteiger partial charge in [-0.3, -0.25) is 4.79 Å². The van der Waals surface area contributed by atoms with Crippen LogP contribution >= 0.6 is 23.2 Å². The second kappa shape index (κ2) is 7.57. The molecule has 0 radical (unpaired) electrons. The number of alkyl halides is 1. The van der Waals surface area contributed by atoms with Gasteiger partial charge in [0.25, 0.3) is 0 Å². The van der Waals surface area contributed by atoms with Crippen molar-refractivity contribution >= 4 is 29.2 Å². The first-order chi connectivity index (χ1) is 8.13. The standard InChI is InChI=1S/C13H16Cl2O2/c1-2-3-7-17-13(16)12(15)9-10-5-4-6-11(14)8-10/h4-6,8,12H,2-3,7,9H2,1H3. The lowest BCUT2D eigenvalue weighted by atomic mass is 10.1. The molecule has 4 heteroatoms. The zero-order valence-corrected chi connectivity index (χ0v) is 11.3. The first-order valence-electron chi connectivity index (χ1n) is 5.68. The number of halogens is 2. The number of ether oxygens (including phenoxy) is 1. The van der Waals surface area contributed by atoms with E-state index in [1.165, 1.54) is 0 Å². The summed E-state index contributed by atoms with van der Waals surface area (Å²) >= 11 is 11.8. The van der Waals surface area contributed by atoms with Crippen molar-refractivity contribution < 1.29 is 9.53 Å². The Labute approximate surface area is 112 Å². The number of benzene rings is 1. The maximum Gasteiger partial charge on any atom is 0.324 e. The predicted octanol–water partition coefficient (Wildman–Crippen LogP) is 3.83. The minimum Gasteiger partial charge on any atom is -0.465 e. The molecule has 1 unspecified atom stereocenters. The average Bonchev–Trinajstić information content (AvgIpc) is 2.29. The van der Waals surface area contributed by atoms with Crippen LogP contribution in [0.3, 0.4) is 0 Å². The van der Waals surface area contributed by atoms with Crippen LogP contribution in [0.25, 0.3) is 0 Å². The van der Waals surface area contributed by atoms with E-state index in [0.29, 0.717) is 18.1 Å². The van der Waals surface area contributed by atoms with E-state index < -0.39 is 5.38 Å². The highest BCUT2D eigenvalue weighted by molar-refractivity contribution is 6.31. The third kappa shape index (κ3) is 5.42. The minimum atomic E-state index is -0.648. The predicted molar refractivity (Wildman–Crippen MR) is 70.7 cm³/mol. The molecule has 94 valence electrons. The summed E-state index contributed by atoms with van der Waals surface area (Å²) in [5.41, 5.74) is 0.935. The fraction of sp³-hybridized carbons (Fsp3) is 0.462. The molecular weight excluding hydrogens is 259 g/mol. The molecule has 1 aromatic rings. The van der Waals surface area contributed by atoms with E-state index in [0.717, 1.165) is 18.4 Å². The van der Waals surface area contributed by atoms with Crippen LogP contribution in [0.15, 0.2) is 24.3 Å². The number of unbranched alkanes of at least 4 members (excludes halogenated alkanes) is 1. The van der Waals surface area contributed by atoms with E-state index >= 15 is 0 Å². The molecule has 0 aliphatic heterocycles. The van der Waals surface area contributed by atoms with Gasteiger partial charge in [0.2, 0.25) is 0 Å². The Morgan fingerprint density at radius 3 is 2.88 bits per heavy atom. The molecule has 0 heterocycles. The van der Waals surface area contributed by atoms with Gasteiger partial charge in [-0.1, -0.05) is 37.1 Å². The summed E-state index contributed by atoms with van der Waals surface area (Å²) in [6.45, 7) is 2.48. The summed E-state index contributed by atoms with van der Waals surface area (Å²) in [5.74, 6) is -0.361. The summed E-state index contributed by atoms with van der Waals surface area (Å²) < 4.78 is 5.04. The summed E-state index contributed by atoms with van der Waals surface area (Å²) in [7, 11) is 0. The number of hydrogen-bond acceptors (Lipinski definition) is 2. The molecule has 1 rings (SSSR count). The van der Waals surface area contributed by atoms with Gasteiger partial charge in [0.05, 0.1) is 6.61 Å². The van der Waals surface area contributed by atoms with Crippen LogP contribution in [0.4, 0.5) is 0 Å². The smallest absolute Gasteiger partial charge is 0.324 e. The van der Waals surface area contributed by atoms with Crippen molar-refractivity contribution in [1.29, 1.82) is 0 Å². The molecule has 0 aliphatic rings. The largest absolute Gasteiger partial charge is 0.465 e. The summed E-state index contributed by atoms with van der Waals surface area (Å²) in [5, 5.41) is -0.00367. The second-order valence-corrected chi connectivity index (χ2v) is 4.79. The number of rotatable bonds is 6. The fourth-order valence-electron chi connectivity index (χ4n) is 1.36. The van der Waals surface area contributed by atoms with E-state index in [9.17, 15) is 4.79 Å². The summed E-state index contributed by atoms with van der Waals surface area (Å²) in [6.07, 6.45) is 2.30. The third-order valence-electron chi connectivity index (χ3n) is 2.30. The van der Waals surface area contributed by atoms with Gasteiger partial charge in [-0.25, -0.2) is 0 Å². The maximum atomic E-state index is 11.5. The first kappa shape index (κ1) is 14.3. The first-order valence-corrected chi connectivity index (χ1v) is 6.50. The van der Waals surface area contributed by atoms with Crippen LogP contribution < -0.4 is 0 Å². The van der Waals surface area contributed by atoms with E-state index in [-0.39, 0.29) is 5.97 Å². The van der Waals surface area contributed by atoms with E-state index in [2.05, 4.69) is 0 Å². The number of hydrogen-bond donors (Lipinski definition) is 0. The van der Waals surface area contributed by atoms with Gasteiger partial charge in [-0.15, -0.1) is 11.6 Å². The van der Waals surface area contributed by atoms with Crippen molar-refractivity contribution in [3.05, 3.63) is 34.9 Å². The lowest BCUT2D eigenvalue weighted by molar-refractivity contribution is -0.143. The SMILES string of the molecule is CCCCOC(=O)C(Cl)Cc1cccc(Cl)c1. The molecule has 0 N–H and O–H groups in total. The molecule has 0 aliphatic carbocycles. The molecule has 0 saturated carbocycles. The highest BCUT2D eigenvalue weighted by atomic mass is 35.5. The zero-order chi connectivity index (χ0) is 12.7. The van der Waals surface area contributed by atoms with Crippen molar-refractivity contribution in [2.45, 2.75) is 31.6 Å². The average molecular weight is 275 g/mol. The minimum absolute atomic E-state index is 0.361. The van der Waals surface area contributed by atoms with E-state index in [4.69, 9.17) is 27.9 Å². The van der Waals surface area contributed by atoms with Gasteiger partial charge in [-0.2, -0.15) is 0 Å². The molecule has 0 fully saturated rings. The number of carbonyl (C=O) groups excluding carboxylic acids is 1. The molecule has 0 saturated heterocycles. The highest BCUT2D eigenvalue weighted by Gasteiger charge is 2.17. The van der Waals surface area contributed by atoms with E-state index in [1.807, 2.05) is 19.1 Å². The molecule has 0 amide bonds. The van der Waals surface area contributed by atoms with E-state index in [1.54, 1.807) is 12.1 Å². The van der Waals surface area contributed by atoms with Gasteiger partial charge in [0.1, 0.15) is 5.38 Å². The van der Waals surface area contributed by atoms with Crippen molar-refractivity contribution in [2.24, 2.45) is 0 Å². The Morgan fingerprint density at radius 1 is 1.47 bits per heavy atom. The number of esters is 1. The topological polar surface area (TPSA) is 26.3 Å². The molecule has 1 aromatic carbocycles. The third-order valence-corrected chi connectivity index (χ3v) is 2.87. The second-order valence-electron chi connectivity index (χ2n) is 3.82. The molecule has 0 aromatic heterocycles. The van der Waals surface area contributed by atoms with Crippen LogP contribution in [0, 0.1) is 0 Å². The van der Waals surface area contributed by atoms with Gasteiger partial charge >= 0.3 is 5.97 Å². The fourth-order valence-corrected chi connectivity index (χ4v) is 1.82. The Hall–Kier alpha value is -0.730. The highest BCUT2D eigenvalue weighted by Crippen LogP contribution is 2.15. The lowest BCUT2D eigenvalue weighted by Gasteiger charge is -2.09. The van der Waals surface area contributed by atoms with Gasteiger partial charge in [0.15, 0.2) is 0 Å². The Morgan fingerprint density at radius 2 is 2.24 bits per heavy atom. The lowest BCUT2D eigenvalue weighted by Crippen LogP contribution is -2.20. The van der Waals surface area contributed by atoms with Crippen LogP contribution in [0.1, 0.15) is 25.3 Å². The normalized spacial score (nSPS) is 12.2. The quantitative estimate of drug-likeness (QED) is 0.448. The van der Waals surface area contributed by atoms with Crippen molar-refractivity contribution in [3.63, 3.8) is 0 Å². The Bertz CT molecular complexity index is 366. The van der Waals surface area contributed by atoms with Crippen molar-refractivity contribution in [2.75, 3.05) is 6.61 Å². The number of carbonyl (C=O) groups is 1. The van der Waals surface area contributed by atoms with Gasteiger partial charge < -0.3 is 4.74 Å². The molecule has 17 heavy (non-hydrogen) atoms.